The van der Waals surface area contributed by atoms with E-state index in [0.717, 1.165) is 12.2 Å². The van der Waals surface area contributed by atoms with Crippen molar-refractivity contribution >= 4 is 24.9 Å². The first-order valence-electron chi connectivity index (χ1n) is 6.88. The molecule has 0 saturated heterocycles. The van der Waals surface area contributed by atoms with E-state index in [9.17, 15) is 26.7 Å². The fourth-order valence-corrected chi connectivity index (χ4v) is 3.19. The maximum absolute atomic E-state index is 14.0. The molecule has 1 aromatic rings. The maximum Gasteiger partial charge on any atom is 0.458 e. The van der Waals surface area contributed by atoms with E-state index in [1.54, 1.807) is 11.8 Å². The third kappa shape index (κ3) is 3.84. The molecule has 1 atom stereocenters. The summed E-state index contributed by atoms with van der Waals surface area (Å²) < 4.78 is 68.1. The fraction of sp³-hybridized carbons (Fsp3) is 0.400. The van der Waals surface area contributed by atoms with Crippen LogP contribution in [0.25, 0.3) is 0 Å². The minimum absolute atomic E-state index is 0.0358. The number of carbonyl (C=O) groups is 1. The van der Waals surface area contributed by atoms with E-state index >= 15 is 0 Å². The van der Waals surface area contributed by atoms with Gasteiger partial charge in [-0.05, 0) is 12.1 Å². The molecule has 0 fully saturated rings. The van der Waals surface area contributed by atoms with Gasteiger partial charge in [0.15, 0.2) is 6.86 Å². The first-order valence-corrected chi connectivity index (χ1v) is 9.96. The van der Waals surface area contributed by atoms with Gasteiger partial charge in [-0.15, -0.1) is 6.58 Å². The minimum atomic E-state index is -5.71. The van der Waals surface area contributed by atoms with Gasteiger partial charge in [0.25, 0.3) is 0 Å². The van der Waals surface area contributed by atoms with Crippen molar-refractivity contribution in [3.05, 3.63) is 36.5 Å². The average Bonchev–Trinajstić information content (AvgIpc) is 2.52. The van der Waals surface area contributed by atoms with Crippen molar-refractivity contribution in [2.45, 2.75) is 25.1 Å². The fourth-order valence-electron chi connectivity index (χ4n) is 1.91. The van der Waals surface area contributed by atoms with Crippen LogP contribution < -0.4 is 10.1 Å². The van der Waals surface area contributed by atoms with E-state index in [4.69, 9.17) is 0 Å². The molecule has 24 heavy (non-hydrogen) atoms. The number of rotatable bonds is 6. The summed E-state index contributed by atoms with van der Waals surface area (Å²) in [5, 5.41) is 0.789. The lowest BCUT2D eigenvalue weighted by molar-refractivity contribution is -0.321. The van der Waals surface area contributed by atoms with Gasteiger partial charge in [0.1, 0.15) is 8.07 Å². The Morgan fingerprint density at radius 1 is 1.33 bits per heavy atom. The van der Waals surface area contributed by atoms with Crippen LogP contribution in [0.4, 0.5) is 27.6 Å². The molecule has 134 valence electrons. The lowest BCUT2D eigenvalue weighted by Gasteiger charge is -2.30. The topological polar surface area (TPSA) is 29.5 Å². The summed E-state index contributed by atoms with van der Waals surface area (Å²) in [6, 6.07) is 6.12. The monoisotopic (exact) mass is 367 g/mol. The number of nitrogens with zero attached hydrogens (tertiary/aromatic N) is 1. The second-order valence-electron chi connectivity index (χ2n) is 5.69. The highest BCUT2D eigenvalue weighted by Gasteiger charge is 2.65. The highest BCUT2D eigenvalue weighted by Crippen LogP contribution is 2.37. The van der Waals surface area contributed by atoms with Gasteiger partial charge in [0.2, 0.25) is 0 Å². The molecular formula is C15H18F5NO2Si. The van der Waals surface area contributed by atoms with Crippen molar-refractivity contribution < 1.29 is 31.5 Å². The standard InChI is InChI=1S/C15H18F5NO2Si/c1-5-24(3,4)12-8-6-7-11(9-12)21(2)13(22)14(17,23-10-16)15(18,19)20/h5-9H,1,10H2,2-4H3. The predicted molar refractivity (Wildman–Crippen MR) is 84.1 cm³/mol. The van der Waals surface area contributed by atoms with Crippen LogP contribution in [0.15, 0.2) is 36.5 Å². The zero-order valence-corrected chi connectivity index (χ0v) is 14.5. The molecule has 1 rings (SSSR count). The van der Waals surface area contributed by atoms with Crippen molar-refractivity contribution in [3.63, 3.8) is 0 Å². The Bertz CT molecular complexity index is 620. The van der Waals surface area contributed by atoms with Gasteiger partial charge in [-0.25, -0.2) is 4.39 Å². The van der Waals surface area contributed by atoms with E-state index in [2.05, 4.69) is 11.3 Å². The molecule has 0 radical (unpaired) electrons. The smallest absolute Gasteiger partial charge is 0.310 e. The normalized spacial score (nSPS) is 14.8. The lowest BCUT2D eigenvalue weighted by atomic mass is 10.2. The molecule has 0 aromatic heterocycles. The molecule has 0 N–H and O–H groups in total. The molecule has 0 heterocycles. The first kappa shape index (κ1) is 20.3. The number of ether oxygens (including phenoxy) is 1. The molecule has 3 nitrogen and oxygen atoms in total. The number of alkyl halides is 5. The maximum atomic E-state index is 14.0. The molecule has 1 unspecified atom stereocenters. The van der Waals surface area contributed by atoms with Crippen LogP contribution in [0.1, 0.15) is 0 Å². The predicted octanol–water partition coefficient (Wildman–Crippen LogP) is 3.46. The van der Waals surface area contributed by atoms with Gasteiger partial charge in [-0.1, -0.05) is 36.1 Å². The highest BCUT2D eigenvalue weighted by molar-refractivity contribution is 6.93. The molecular weight excluding hydrogens is 349 g/mol. The number of benzene rings is 1. The summed E-state index contributed by atoms with van der Waals surface area (Å²) >= 11 is 0. The summed E-state index contributed by atoms with van der Waals surface area (Å²) in [7, 11) is -1.08. The number of hydrogen-bond acceptors (Lipinski definition) is 2. The van der Waals surface area contributed by atoms with Crippen LogP contribution >= 0.6 is 0 Å². The summed E-state index contributed by atoms with van der Waals surface area (Å²) in [5.41, 5.74) is 1.80. The van der Waals surface area contributed by atoms with Gasteiger partial charge >= 0.3 is 17.9 Å². The van der Waals surface area contributed by atoms with E-state index in [1.165, 1.54) is 18.2 Å². The summed E-state index contributed by atoms with van der Waals surface area (Å²) in [6.07, 6.45) is -5.71. The average molecular weight is 367 g/mol. The van der Waals surface area contributed by atoms with Crippen molar-refractivity contribution in [2.24, 2.45) is 0 Å². The Kier molecular flexibility index (Phi) is 5.94. The summed E-state index contributed by atoms with van der Waals surface area (Å²) in [4.78, 5) is 12.4. The summed E-state index contributed by atoms with van der Waals surface area (Å²) in [6.45, 7) is 5.53. The van der Waals surface area contributed by atoms with Crippen LogP contribution in [0, 0.1) is 0 Å². The molecule has 0 saturated carbocycles. The largest absolute Gasteiger partial charge is 0.458 e. The SMILES string of the molecule is C=C[Si](C)(C)c1cccc(N(C)C(=O)C(F)(OCF)C(F)(F)F)c1. The lowest BCUT2D eigenvalue weighted by Crippen LogP contribution is -2.56. The third-order valence-corrected chi connectivity index (χ3v) is 6.51. The number of hydrogen-bond donors (Lipinski definition) is 0. The van der Waals surface area contributed by atoms with Crippen molar-refractivity contribution in [1.82, 2.24) is 0 Å². The Labute approximate surface area is 137 Å². The Morgan fingerprint density at radius 3 is 2.38 bits per heavy atom. The van der Waals surface area contributed by atoms with Crippen molar-refractivity contribution in [2.75, 3.05) is 18.8 Å². The molecule has 0 spiro atoms. The van der Waals surface area contributed by atoms with Gasteiger partial charge in [-0.3, -0.25) is 9.53 Å². The molecule has 1 amide bonds. The second-order valence-corrected chi connectivity index (χ2v) is 10.1. The zero-order valence-electron chi connectivity index (χ0n) is 13.5. The Hall–Kier alpha value is -1.74. The Balaban J connectivity index is 3.26. The van der Waals surface area contributed by atoms with Crippen LogP contribution in [0.3, 0.4) is 0 Å². The van der Waals surface area contributed by atoms with Crippen LogP contribution in [0.2, 0.25) is 13.1 Å². The third-order valence-electron chi connectivity index (χ3n) is 3.69. The first-order chi connectivity index (χ1) is 10.9. The van der Waals surface area contributed by atoms with Gasteiger partial charge in [-0.2, -0.15) is 17.6 Å². The van der Waals surface area contributed by atoms with Crippen molar-refractivity contribution in [1.29, 1.82) is 0 Å². The molecule has 0 aliphatic rings. The Morgan fingerprint density at radius 2 is 1.92 bits per heavy atom. The molecule has 0 bridgehead atoms. The number of carbonyl (C=O) groups excluding carboxylic acids is 1. The summed E-state index contributed by atoms with van der Waals surface area (Å²) in [5.74, 6) is -6.80. The van der Waals surface area contributed by atoms with Crippen LogP contribution in [0.5, 0.6) is 0 Å². The van der Waals surface area contributed by atoms with E-state index < -0.39 is 32.9 Å². The van der Waals surface area contributed by atoms with Gasteiger partial charge in [0.05, 0.1) is 0 Å². The van der Waals surface area contributed by atoms with Gasteiger partial charge < -0.3 is 4.90 Å². The highest BCUT2D eigenvalue weighted by atomic mass is 28.3. The van der Waals surface area contributed by atoms with Crippen LogP contribution in [-0.2, 0) is 9.53 Å². The van der Waals surface area contributed by atoms with E-state index in [1.807, 2.05) is 13.1 Å². The minimum Gasteiger partial charge on any atom is -0.310 e. The molecule has 0 aliphatic heterocycles. The zero-order chi connectivity index (χ0) is 18.8. The number of halogens is 5. The van der Waals surface area contributed by atoms with Crippen LogP contribution in [-0.4, -0.2) is 39.9 Å². The molecule has 1 aromatic carbocycles. The second kappa shape index (κ2) is 7.02. The number of anilines is 1. The number of amides is 1. The van der Waals surface area contributed by atoms with Gasteiger partial charge in [0, 0.05) is 12.7 Å². The number of likely N-dealkylation sites (N-methyl/N-ethyl adjacent to an activating group) is 1. The van der Waals surface area contributed by atoms with E-state index in [0.29, 0.717) is 4.90 Å². The molecule has 9 heteroatoms. The van der Waals surface area contributed by atoms with E-state index in [-0.39, 0.29) is 5.69 Å². The quantitative estimate of drug-likeness (QED) is 0.569. The molecule has 0 aliphatic carbocycles. The van der Waals surface area contributed by atoms with Crippen molar-refractivity contribution in [3.8, 4) is 0 Å².